The molecular weight excluding hydrogens is 371 g/mol. The molecule has 2 amide bonds. The van der Waals surface area contributed by atoms with Gasteiger partial charge < -0.3 is 20.5 Å². The Balaban J connectivity index is 2.68. The molecule has 7 nitrogen and oxygen atoms in total. The van der Waals surface area contributed by atoms with Gasteiger partial charge >= 0.3 is 12.1 Å². The van der Waals surface area contributed by atoms with Gasteiger partial charge in [0, 0.05) is 6.54 Å². The molecule has 3 N–H and O–H groups in total. The molecule has 1 aliphatic carbocycles. The quantitative estimate of drug-likeness (QED) is 0.509. The van der Waals surface area contributed by atoms with E-state index in [0.29, 0.717) is 25.1 Å². The van der Waals surface area contributed by atoms with Crippen molar-refractivity contribution in [1.82, 2.24) is 10.6 Å². The number of hydrogen-bond acceptors (Lipinski definition) is 4. The molecule has 1 fully saturated rings. The molecule has 0 saturated heterocycles. The normalized spacial score (nSPS) is 23.3. The predicted molar refractivity (Wildman–Crippen MR) is 113 cm³/mol. The second-order valence-electron chi connectivity index (χ2n) is 9.53. The van der Waals surface area contributed by atoms with Crippen LogP contribution in [0.3, 0.4) is 0 Å². The van der Waals surface area contributed by atoms with Gasteiger partial charge in [0.2, 0.25) is 5.91 Å². The number of carboxylic acids is 1. The molecule has 0 aromatic heterocycles. The highest BCUT2D eigenvalue weighted by Crippen LogP contribution is 2.36. The van der Waals surface area contributed by atoms with Crippen molar-refractivity contribution in [1.29, 1.82) is 0 Å². The molecule has 0 aliphatic heterocycles. The van der Waals surface area contributed by atoms with E-state index in [4.69, 9.17) is 12.6 Å². The summed E-state index contributed by atoms with van der Waals surface area (Å²) < 4.78 is 5.26. The van der Waals surface area contributed by atoms with Crippen molar-refractivity contribution in [3.63, 3.8) is 0 Å². The van der Waals surface area contributed by atoms with E-state index in [2.05, 4.69) is 10.6 Å². The van der Waals surface area contributed by atoms with Gasteiger partial charge in [-0.15, -0.1) is 0 Å². The van der Waals surface area contributed by atoms with Crippen molar-refractivity contribution < 1.29 is 24.2 Å². The molecule has 0 aromatic rings. The molecule has 1 aliphatic rings. The number of amides is 2. The fourth-order valence-corrected chi connectivity index (χ4v) is 3.87. The van der Waals surface area contributed by atoms with Crippen LogP contribution < -0.4 is 10.6 Å². The Bertz CT molecular complexity index is 562. The lowest BCUT2D eigenvalue weighted by molar-refractivity contribution is -0.146. The van der Waals surface area contributed by atoms with Gasteiger partial charge in [-0.1, -0.05) is 33.0 Å². The van der Waals surface area contributed by atoms with Crippen molar-refractivity contribution in [2.24, 2.45) is 23.7 Å². The Hall–Kier alpha value is -1.73. The molecule has 1 saturated carbocycles. The molecule has 1 rings (SSSR count). The van der Waals surface area contributed by atoms with Crippen molar-refractivity contribution in [3.05, 3.63) is 0 Å². The second-order valence-corrected chi connectivity index (χ2v) is 9.53. The van der Waals surface area contributed by atoms with Crippen molar-refractivity contribution in [3.8, 4) is 0 Å². The molecule has 164 valence electrons. The number of aliphatic carboxylic acids is 1. The van der Waals surface area contributed by atoms with Crippen LogP contribution >= 0.6 is 0 Å². The first-order valence-electron chi connectivity index (χ1n) is 10.6. The number of alkyl carbamates (subject to hydrolysis) is 1. The summed E-state index contributed by atoms with van der Waals surface area (Å²) >= 11 is 0. The van der Waals surface area contributed by atoms with Crippen molar-refractivity contribution in [2.75, 3.05) is 6.54 Å². The van der Waals surface area contributed by atoms with Crippen LogP contribution in [0.5, 0.6) is 0 Å². The number of ether oxygens (including phenoxy) is 1. The van der Waals surface area contributed by atoms with Gasteiger partial charge in [-0.05, 0) is 57.8 Å². The summed E-state index contributed by atoms with van der Waals surface area (Å²) in [6.45, 7) is 9.51. The van der Waals surface area contributed by atoms with Crippen LogP contribution in [0.15, 0.2) is 0 Å². The zero-order valence-corrected chi connectivity index (χ0v) is 18.5. The zero-order chi connectivity index (χ0) is 22.2. The fourth-order valence-electron chi connectivity index (χ4n) is 3.87. The fraction of sp³-hybridized carbons (Fsp3) is 0.857. The largest absolute Gasteiger partial charge is 0.481 e. The number of nitrogens with one attached hydrogen (secondary N) is 2. The highest BCUT2D eigenvalue weighted by Gasteiger charge is 2.35. The SMILES string of the molecule is [B]CC[C@@H]1CC[C@@H](CNC(=O)[C@H](CC(C)C)NC(=O)OC(C)(C)C)[C@@H](C(=O)O)C1. The molecule has 0 aromatic carbocycles. The van der Waals surface area contributed by atoms with Crippen LogP contribution in [0.2, 0.25) is 6.32 Å². The molecule has 0 heterocycles. The first-order chi connectivity index (χ1) is 13.4. The van der Waals surface area contributed by atoms with Crippen LogP contribution in [-0.2, 0) is 14.3 Å². The van der Waals surface area contributed by atoms with Crippen LogP contribution in [0.1, 0.15) is 66.7 Å². The Morgan fingerprint density at radius 2 is 1.86 bits per heavy atom. The van der Waals surface area contributed by atoms with E-state index < -0.39 is 29.6 Å². The molecule has 8 heteroatoms. The Morgan fingerprint density at radius 3 is 2.38 bits per heavy atom. The van der Waals surface area contributed by atoms with E-state index in [1.807, 2.05) is 13.8 Å². The maximum absolute atomic E-state index is 12.7. The van der Waals surface area contributed by atoms with E-state index in [1.54, 1.807) is 20.8 Å². The third-order valence-electron chi connectivity index (χ3n) is 5.25. The molecule has 0 spiro atoms. The van der Waals surface area contributed by atoms with E-state index >= 15 is 0 Å². The zero-order valence-electron chi connectivity index (χ0n) is 18.5. The van der Waals surface area contributed by atoms with Gasteiger partial charge in [0.05, 0.1) is 13.8 Å². The number of carbonyl (C=O) groups is 3. The molecule has 4 atom stereocenters. The van der Waals surface area contributed by atoms with E-state index in [1.165, 1.54) is 0 Å². The highest BCUT2D eigenvalue weighted by atomic mass is 16.6. The third-order valence-corrected chi connectivity index (χ3v) is 5.25. The van der Waals surface area contributed by atoms with Gasteiger partial charge in [0.25, 0.3) is 0 Å². The molecule has 2 radical (unpaired) electrons. The standard InChI is InChI=1S/C21H37BN2O5/c1-13(2)10-17(24-20(28)29-21(3,4)5)18(25)23-12-15-7-6-14(8-9-22)11-16(15)19(26)27/h13-17H,6-12H2,1-5H3,(H,23,25)(H,24,28)(H,26,27)/t14-,15-,16-,17-/m0/s1. The lowest BCUT2D eigenvalue weighted by Gasteiger charge is -2.34. The average molecular weight is 408 g/mol. The monoisotopic (exact) mass is 408 g/mol. The van der Waals surface area contributed by atoms with Crippen LogP contribution in [0, 0.1) is 23.7 Å². The van der Waals surface area contributed by atoms with Crippen LogP contribution in [0.25, 0.3) is 0 Å². The minimum absolute atomic E-state index is 0.119. The van der Waals surface area contributed by atoms with Gasteiger partial charge in [0.15, 0.2) is 0 Å². The summed E-state index contributed by atoms with van der Waals surface area (Å²) in [7, 11) is 5.62. The Morgan fingerprint density at radius 1 is 1.21 bits per heavy atom. The molecule has 0 unspecified atom stereocenters. The molecular formula is C21H37BN2O5. The number of hydrogen-bond donors (Lipinski definition) is 3. The summed E-state index contributed by atoms with van der Waals surface area (Å²) in [6.07, 6.45) is 3.49. The lowest BCUT2D eigenvalue weighted by atomic mass is 9.71. The highest BCUT2D eigenvalue weighted by molar-refractivity contribution is 6.08. The number of carboxylic acid groups (broad SMARTS) is 1. The third kappa shape index (κ3) is 9.55. The summed E-state index contributed by atoms with van der Waals surface area (Å²) in [5, 5.41) is 15.1. The van der Waals surface area contributed by atoms with Gasteiger partial charge in [-0.3, -0.25) is 9.59 Å². The van der Waals surface area contributed by atoms with Crippen LogP contribution in [0.4, 0.5) is 4.79 Å². The first kappa shape index (κ1) is 25.3. The maximum Gasteiger partial charge on any atom is 0.408 e. The van der Waals surface area contributed by atoms with E-state index in [-0.39, 0.29) is 24.3 Å². The number of carbonyl (C=O) groups excluding carboxylic acids is 2. The van der Waals surface area contributed by atoms with E-state index in [9.17, 15) is 19.5 Å². The maximum atomic E-state index is 12.7. The lowest BCUT2D eigenvalue weighted by Crippen LogP contribution is -2.50. The van der Waals surface area contributed by atoms with Crippen molar-refractivity contribution in [2.45, 2.75) is 84.7 Å². The Kier molecular flexibility index (Phi) is 10.0. The average Bonchev–Trinajstić information content (AvgIpc) is 2.57. The van der Waals surface area contributed by atoms with Gasteiger partial charge in [-0.2, -0.15) is 0 Å². The Labute approximate surface area is 176 Å². The van der Waals surface area contributed by atoms with E-state index in [0.717, 1.165) is 19.3 Å². The molecule has 0 bridgehead atoms. The topological polar surface area (TPSA) is 105 Å². The second kappa shape index (κ2) is 11.5. The summed E-state index contributed by atoms with van der Waals surface area (Å²) in [6, 6.07) is -0.721. The van der Waals surface area contributed by atoms with Gasteiger partial charge in [-0.25, -0.2) is 4.79 Å². The number of rotatable bonds is 9. The molecule has 29 heavy (non-hydrogen) atoms. The first-order valence-corrected chi connectivity index (χ1v) is 10.6. The minimum Gasteiger partial charge on any atom is -0.481 e. The summed E-state index contributed by atoms with van der Waals surface area (Å²) in [5.74, 6) is -1.21. The predicted octanol–water partition coefficient (Wildman–Crippen LogP) is 3.14. The van der Waals surface area contributed by atoms with Crippen LogP contribution in [-0.4, -0.2) is 49.1 Å². The smallest absolute Gasteiger partial charge is 0.408 e. The van der Waals surface area contributed by atoms with Gasteiger partial charge in [0.1, 0.15) is 11.6 Å². The minimum atomic E-state index is -0.823. The summed E-state index contributed by atoms with van der Waals surface area (Å²) in [5.41, 5.74) is -0.653. The summed E-state index contributed by atoms with van der Waals surface area (Å²) in [4.78, 5) is 36.5. The van der Waals surface area contributed by atoms with Crippen molar-refractivity contribution >= 4 is 25.8 Å².